The topological polar surface area (TPSA) is 61.9 Å². The first-order valence-electron chi connectivity index (χ1n) is 10.6. The van der Waals surface area contributed by atoms with Crippen molar-refractivity contribution in [3.05, 3.63) is 35.9 Å². The number of carbonyl (C=O) groups is 2. The summed E-state index contributed by atoms with van der Waals surface area (Å²) < 4.78 is 5.52. The third kappa shape index (κ3) is 5.11. The van der Waals surface area contributed by atoms with Gasteiger partial charge < -0.3 is 15.0 Å². The lowest BCUT2D eigenvalue weighted by atomic mass is 10.0. The fourth-order valence-electron chi connectivity index (χ4n) is 4.06. The van der Waals surface area contributed by atoms with Gasteiger partial charge in [-0.05, 0) is 31.7 Å². The number of nitrogens with zero attached hydrogens (tertiary/aromatic N) is 2. The van der Waals surface area contributed by atoms with E-state index in [-0.39, 0.29) is 30.0 Å². The van der Waals surface area contributed by atoms with Gasteiger partial charge in [0.2, 0.25) is 5.91 Å². The van der Waals surface area contributed by atoms with Gasteiger partial charge in [0, 0.05) is 32.8 Å². The number of piperazine rings is 1. The van der Waals surface area contributed by atoms with Crippen LogP contribution >= 0.6 is 0 Å². The minimum atomic E-state index is -0.257. The van der Waals surface area contributed by atoms with Crippen molar-refractivity contribution in [3.63, 3.8) is 0 Å². The lowest BCUT2D eigenvalue weighted by molar-refractivity contribution is -0.143. The molecule has 2 heterocycles. The van der Waals surface area contributed by atoms with Gasteiger partial charge in [-0.25, -0.2) is 0 Å². The van der Waals surface area contributed by atoms with E-state index in [4.69, 9.17) is 4.74 Å². The van der Waals surface area contributed by atoms with E-state index in [1.165, 1.54) is 0 Å². The highest BCUT2D eigenvalue weighted by Gasteiger charge is 2.32. The maximum absolute atomic E-state index is 12.9. The van der Waals surface area contributed by atoms with Crippen LogP contribution in [0.15, 0.2) is 30.3 Å². The number of hydrogen-bond donors (Lipinski definition) is 1. The average molecular weight is 388 g/mol. The molecular formula is C22H33N3O3. The molecule has 2 aliphatic rings. The van der Waals surface area contributed by atoms with Crippen LogP contribution in [0.4, 0.5) is 0 Å². The molecule has 0 aliphatic carbocycles. The molecule has 0 saturated carbocycles. The highest BCUT2D eigenvalue weighted by atomic mass is 16.5. The normalized spacial score (nSPS) is 22.6. The number of benzene rings is 1. The van der Waals surface area contributed by atoms with Crippen LogP contribution < -0.4 is 5.32 Å². The van der Waals surface area contributed by atoms with E-state index < -0.39 is 0 Å². The predicted octanol–water partition coefficient (Wildman–Crippen LogP) is 2.36. The second-order valence-corrected chi connectivity index (χ2v) is 7.80. The van der Waals surface area contributed by atoms with Crippen LogP contribution in [0.25, 0.3) is 0 Å². The van der Waals surface area contributed by atoms with Crippen LogP contribution in [0.3, 0.4) is 0 Å². The van der Waals surface area contributed by atoms with Crippen LogP contribution in [0, 0.1) is 0 Å². The summed E-state index contributed by atoms with van der Waals surface area (Å²) in [6.07, 6.45) is 3.47. The lowest BCUT2D eigenvalue weighted by Gasteiger charge is -2.38. The Bertz CT molecular complexity index is 638. The monoisotopic (exact) mass is 387 g/mol. The van der Waals surface area contributed by atoms with Crippen molar-refractivity contribution in [2.24, 2.45) is 0 Å². The summed E-state index contributed by atoms with van der Waals surface area (Å²) in [5.41, 5.74) is 1.15. The molecular weight excluding hydrogens is 354 g/mol. The Morgan fingerprint density at radius 3 is 2.50 bits per heavy atom. The van der Waals surface area contributed by atoms with Crippen molar-refractivity contribution < 1.29 is 14.3 Å². The zero-order valence-corrected chi connectivity index (χ0v) is 17.1. The van der Waals surface area contributed by atoms with Crippen molar-refractivity contribution >= 4 is 11.8 Å². The van der Waals surface area contributed by atoms with E-state index in [1.807, 2.05) is 30.0 Å². The molecule has 3 rings (SSSR count). The van der Waals surface area contributed by atoms with Crippen LogP contribution in [-0.4, -0.2) is 66.5 Å². The van der Waals surface area contributed by atoms with Crippen LogP contribution in [0.1, 0.15) is 51.1 Å². The highest BCUT2D eigenvalue weighted by molar-refractivity contribution is 5.82. The molecule has 2 aliphatic heterocycles. The molecule has 6 nitrogen and oxygen atoms in total. The smallest absolute Gasteiger partial charge is 0.251 e. The molecule has 1 aromatic rings. The minimum absolute atomic E-state index is 0.0449. The van der Waals surface area contributed by atoms with Gasteiger partial charge in [0.25, 0.3) is 5.91 Å². The zero-order chi connectivity index (χ0) is 19.9. The summed E-state index contributed by atoms with van der Waals surface area (Å²) in [7, 11) is 0. The number of hydrogen-bond acceptors (Lipinski definition) is 4. The molecule has 0 spiro atoms. The number of carbonyl (C=O) groups excluding carboxylic acids is 2. The van der Waals surface area contributed by atoms with Crippen LogP contribution in [0.2, 0.25) is 0 Å². The molecule has 0 aromatic heterocycles. The van der Waals surface area contributed by atoms with Crippen molar-refractivity contribution in [2.75, 3.05) is 32.8 Å². The molecule has 28 heavy (non-hydrogen) atoms. The summed E-state index contributed by atoms with van der Waals surface area (Å²) >= 11 is 0. The molecule has 6 heteroatoms. The Balaban J connectivity index is 1.51. The fourth-order valence-corrected chi connectivity index (χ4v) is 4.06. The molecule has 2 amide bonds. The summed E-state index contributed by atoms with van der Waals surface area (Å²) in [5, 5.41) is 3.23. The lowest BCUT2D eigenvalue weighted by Crippen LogP contribution is -2.56. The van der Waals surface area contributed by atoms with Gasteiger partial charge in [-0.1, -0.05) is 43.7 Å². The van der Waals surface area contributed by atoms with Crippen molar-refractivity contribution in [3.8, 4) is 0 Å². The average Bonchev–Trinajstić information content (AvgIpc) is 3.28. The molecule has 0 radical (unpaired) electrons. The largest absolute Gasteiger partial charge is 0.368 e. The number of rotatable bonds is 7. The first-order chi connectivity index (χ1) is 13.6. The van der Waals surface area contributed by atoms with Crippen molar-refractivity contribution in [1.82, 2.24) is 15.1 Å². The second kappa shape index (κ2) is 10.0. The fraction of sp³-hybridized carbons (Fsp3) is 0.636. The van der Waals surface area contributed by atoms with E-state index in [0.717, 1.165) is 44.3 Å². The highest BCUT2D eigenvalue weighted by Crippen LogP contribution is 2.20. The molecule has 2 fully saturated rings. The minimum Gasteiger partial charge on any atom is -0.368 e. The maximum Gasteiger partial charge on any atom is 0.251 e. The van der Waals surface area contributed by atoms with Gasteiger partial charge in [-0.2, -0.15) is 0 Å². The van der Waals surface area contributed by atoms with Crippen LogP contribution in [0.5, 0.6) is 0 Å². The number of nitrogens with one attached hydrogen (secondary N) is 1. The quantitative estimate of drug-likeness (QED) is 0.780. The molecule has 1 N–H and O–H groups in total. The van der Waals surface area contributed by atoms with E-state index in [0.29, 0.717) is 19.7 Å². The van der Waals surface area contributed by atoms with Crippen LogP contribution in [-0.2, 0) is 14.3 Å². The Morgan fingerprint density at radius 2 is 1.89 bits per heavy atom. The van der Waals surface area contributed by atoms with Gasteiger partial charge in [0.05, 0.1) is 12.1 Å². The standard InChI is InChI=1S/C22H33N3O3/c1-3-8-19(18-9-5-4-6-10-18)23-21(26)17(2)24-12-14-25(15-13-24)22(27)20-11-7-16-28-20/h4-6,9-10,17,19-20H,3,7-8,11-16H2,1-2H3,(H,23,26). The van der Waals surface area contributed by atoms with E-state index in [9.17, 15) is 9.59 Å². The Labute approximate surface area is 168 Å². The van der Waals surface area contributed by atoms with E-state index >= 15 is 0 Å². The van der Waals surface area contributed by atoms with E-state index in [1.54, 1.807) is 0 Å². The van der Waals surface area contributed by atoms with Gasteiger partial charge >= 0.3 is 0 Å². The Kier molecular flexibility index (Phi) is 7.45. The van der Waals surface area contributed by atoms with Crippen molar-refractivity contribution in [2.45, 2.75) is 57.7 Å². The third-order valence-electron chi connectivity index (χ3n) is 5.85. The SMILES string of the molecule is CCCC(NC(=O)C(C)N1CCN(C(=O)C2CCCO2)CC1)c1ccccc1. The summed E-state index contributed by atoms with van der Waals surface area (Å²) in [6, 6.07) is 10.00. The van der Waals surface area contributed by atoms with Gasteiger partial charge in [-0.3, -0.25) is 14.5 Å². The zero-order valence-electron chi connectivity index (χ0n) is 17.1. The van der Waals surface area contributed by atoms with Gasteiger partial charge in [-0.15, -0.1) is 0 Å². The molecule has 3 unspecified atom stereocenters. The molecule has 0 bridgehead atoms. The number of amides is 2. The first-order valence-corrected chi connectivity index (χ1v) is 10.6. The van der Waals surface area contributed by atoms with E-state index in [2.05, 4.69) is 29.3 Å². The predicted molar refractivity (Wildman–Crippen MR) is 109 cm³/mol. The molecule has 154 valence electrons. The Hall–Kier alpha value is -1.92. The summed E-state index contributed by atoms with van der Waals surface area (Å²) in [6.45, 7) is 7.54. The van der Waals surface area contributed by atoms with Crippen molar-refractivity contribution in [1.29, 1.82) is 0 Å². The first kappa shape index (κ1) is 20.8. The summed E-state index contributed by atoms with van der Waals surface area (Å²) in [4.78, 5) is 29.4. The molecule has 2 saturated heterocycles. The summed E-state index contributed by atoms with van der Waals surface area (Å²) in [5.74, 6) is 0.169. The number of ether oxygens (including phenoxy) is 1. The second-order valence-electron chi connectivity index (χ2n) is 7.80. The van der Waals surface area contributed by atoms with Gasteiger partial charge in [0.1, 0.15) is 6.10 Å². The van der Waals surface area contributed by atoms with Gasteiger partial charge in [0.15, 0.2) is 0 Å². The molecule has 3 atom stereocenters. The maximum atomic E-state index is 12.9. The molecule has 1 aromatic carbocycles. The third-order valence-corrected chi connectivity index (χ3v) is 5.85. The Morgan fingerprint density at radius 1 is 1.18 bits per heavy atom.